The predicted molar refractivity (Wildman–Crippen MR) is 193 cm³/mol. The maximum absolute atomic E-state index is 12.8. The molecule has 0 aromatic heterocycles. The highest BCUT2D eigenvalue weighted by atomic mass is 32.2. The number of carbonyl (C=O) groups is 1. The Balaban J connectivity index is 1.44. The molecule has 0 fully saturated rings. The van der Waals surface area contributed by atoms with E-state index in [2.05, 4.69) is 26.2 Å². The van der Waals surface area contributed by atoms with Gasteiger partial charge in [-0.05, 0) is 90.7 Å². The quantitative estimate of drug-likeness (QED) is 0.0349. The van der Waals surface area contributed by atoms with Crippen LogP contribution in [0.15, 0.2) is 93.5 Å². The molecular formula is C32H31N5O12S3. The van der Waals surface area contributed by atoms with Crippen LogP contribution < -0.4 is 30.9 Å². The second-order valence-corrected chi connectivity index (χ2v) is 15.7. The zero-order chi connectivity index (χ0) is 38.2. The Kier molecular flexibility index (Phi) is 10.1. The average molecular weight is 774 g/mol. The van der Waals surface area contributed by atoms with Crippen molar-refractivity contribution in [2.45, 2.75) is 28.5 Å². The second kappa shape index (κ2) is 14.1. The first-order valence-electron chi connectivity index (χ1n) is 14.7. The van der Waals surface area contributed by atoms with Gasteiger partial charge in [0.1, 0.15) is 22.1 Å². The van der Waals surface area contributed by atoms with E-state index in [-0.39, 0.29) is 44.2 Å². The van der Waals surface area contributed by atoms with E-state index in [1.54, 1.807) is 31.2 Å². The summed E-state index contributed by atoms with van der Waals surface area (Å²) in [7, 11) is -12.5. The van der Waals surface area contributed by atoms with E-state index in [0.717, 1.165) is 25.1 Å². The minimum atomic E-state index is -5.08. The van der Waals surface area contributed by atoms with Crippen molar-refractivity contribution in [1.29, 1.82) is 0 Å². The monoisotopic (exact) mass is 773 g/mol. The molecule has 0 radical (unpaired) electrons. The number of phenols is 2. The molecule has 0 saturated heterocycles. The fraction of sp³-hybridized carbons (Fsp3) is 0.0938. The summed E-state index contributed by atoms with van der Waals surface area (Å²) < 4.78 is 102. The van der Waals surface area contributed by atoms with Gasteiger partial charge >= 0.3 is 0 Å². The third kappa shape index (κ3) is 8.22. The lowest BCUT2D eigenvalue weighted by Gasteiger charge is -2.20. The Morgan fingerprint density at radius 1 is 0.712 bits per heavy atom. The van der Waals surface area contributed by atoms with Crippen LogP contribution in [0.4, 0.5) is 34.1 Å². The molecule has 1 amide bonds. The number of sulfonamides is 1. The summed E-state index contributed by atoms with van der Waals surface area (Å²) in [6.45, 7) is 2.82. The number of carbonyl (C=O) groups excluding carboxylic acids is 1. The van der Waals surface area contributed by atoms with Crippen LogP contribution in [0.3, 0.4) is 0 Å². The van der Waals surface area contributed by atoms with Crippen LogP contribution in [0.5, 0.6) is 17.2 Å². The summed E-state index contributed by atoms with van der Waals surface area (Å²) in [6, 6.07) is 17.1. The van der Waals surface area contributed by atoms with Crippen molar-refractivity contribution < 1.29 is 54.1 Å². The van der Waals surface area contributed by atoms with Crippen molar-refractivity contribution in [2.24, 2.45) is 0 Å². The van der Waals surface area contributed by atoms with Gasteiger partial charge in [-0.15, -0.1) is 0 Å². The summed E-state index contributed by atoms with van der Waals surface area (Å²) >= 11 is 0. The average Bonchev–Trinajstić information content (AvgIpc) is 3.05. The number of nitrogens with one attached hydrogen (secondary N) is 5. The number of anilines is 6. The molecule has 0 atom stereocenters. The smallest absolute Gasteiger partial charge is 0.296 e. The van der Waals surface area contributed by atoms with E-state index in [9.17, 15) is 49.4 Å². The van der Waals surface area contributed by atoms with E-state index in [4.69, 9.17) is 4.74 Å². The number of hydrazine groups is 1. The van der Waals surface area contributed by atoms with Crippen LogP contribution in [-0.4, -0.2) is 57.6 Å². The van der Waals surface area contributed by atoms with Crippen LogP contribution in [0, 0.1) is 6.92 Å². The molecule has 52 heavy (non-hydrogen) atoms. The Labute approximate surface area is 297 Å². The topological polar surface area (TPSA) is 270 Å². The highest BCUT2D eigenvalue weighted by molar-refractivity contribution is 7.92. The molecule has 0 bridgehead atoms. The fourth-order valence-electron chi connectivity index (χ4n) is 5.07. The molecule has 0 unspecified atom stereocenters. The third-order valence-corrected chi connectivity index (χ3v) is 10.6. The number of rotatable bonds is 12. The zero-order valence-corrected chi connectivity index (χ0v) is 29.7. The van der Waals surface area contributed by atoms with Crippen LogP contribution in [0.1, 0.15) is 12.5 Å². The molecule has 5 aromatic rings. The molecular weight excluding hydrogens is 743 g/mol. The standard InChI is InChI=1S/C32H31N5O12S3/c1-17-12-26(28(49-3)16-25(17)34-20-6-10-23(11-7-20)50(41,42)37-21-4-8-22(39)9-5-21)35-36-31-29(52(46,47)48)14-19-13-24(51(43,44)45)15-27(33-18(2)38)30(19)32(31)40/h4-16,34-37,39-40H,1-3H3,(H,33,38)(H,43,44,45)(H,46,47,48). The lowest BCUT2D eigenvalue weighted by molar-refractivity contribution is -0.114. The molecule has 274 valence electrons. The zero-order valence-electron chi connectivity index (χ0n) is 27.3. The van der Waals surface area contributed by atoms with Crippen LogP contribution >= 0.6 is 0 Å². The van der Waals surface area contributed by atoms with Crippen LogP contribution in [0.25, 0.3) is 10.8 Å². The second-order valence-electron chi connectivity index (χ2n) is 11.2. The lowest BCUT2D eigenvalue weighted by atomic mass is 10.1. The number of hydrogen-bond acceptors (Lipinski definition) is 13. The van der Waals surface area contributed by atoms with Crippen molar-refractivity contribution in [1.82, 2.24) is 0 Å². The van der Waals surface area contributed by atoms with E-state index in [1.165, 1.54) is 43.5 Å². The number of phenolic OH excluding ortho intramolecular Hbond substituents is 2. The molecule has 0 spiro atoms. The minimum Gasteiger partial charge on any atom is -0.508 e. The summed E-state index contributed by atoms with van der Waals surface area (Å²) in [5.74, 6) is -1.32. The van der Waals surface area contributed by atoms with Gasteiger partial charge in [0, 0.05) is 35.4 Å². The third-order valence-electron chi connectivity index (χ3n) is 7.47. The van der Waals surface area contributed by atoms with E-state index in [0.29, 0.717) is 16.9 Å². The van der Waals surface area contributed by atoms with Crippen molar-refractivity contribution in [3.05, 3.63) is 84.4 Å². The van der Waals surface area contributed by atoms with Gasteiger partial charge in [-0.2, -0.15) is 16.8 Å². The molecule has 0 aliphatic heterocycles. The highest BCUT2D eigenvalue weighted by Gasteiger charge is 2.26. The van der Waals surface area contributed by atoms with Crippen LogP contribution in [-0.2, 0) is 35.1 Å². The van der Waals surface area contributed by atoms with Crippen molar-refractivity contribution in [3.63, 3.8) is 0 Å². The molecule has 0 aliphatic carbocycles. The minimum absolute atomic E-state index is 0.0135. The van der Waals surface area contributed by atoms with Crippen molar-refractivity contribution in [3.8, 4) is 17.2 Å². The molecule has 0 heterocycles. The number of aryl methyl sites for hydroxylation is 1. The number of aromatic hydroxyl groups is 2. The maximum atomic E-state index is 12.8. The maximum Gasteiger partial charge on any atom is 0.296 e. The number of methoxy groups -OCH3 is 1. The molecule has 17 nitrogen and oxygen atoms in total. The molecule has 5 rings (SSSR count). The number of fused-ring (bicyclic) bond motifs is 1. The van der Waals surface area contributed by atoms with E-state index in [1.807, 2.05) is 0 Å². The summed E-state index contributed by atoms with van der Waals surface area (Å²) in [4.78, 5) is 10.3. The largest absolute Gasteiger partial charge is 0.508 e. The molecule has 20 heteroatoms. The first kappa shape index (κ1) is 37.5. The van der Waals surface area contributed by atoms with Gasteiger partial charge in [0.2, 0.25) is 5.91 Å². The van der Waals surface area contributed by atoms with Crippen LogP contribution in [0.2, 0.25) is 0 Å². The van der Waals surface area contributed by atoms with Gasteiger partial charge in [-0.1, -0.05) is 0 Å². The predicted octanol–water partition coefficient (Wildman–Crippen LogP) is 5.00. The first-order chi connectivity index (χ1) is 24.3. The SMILES string of the molecule is COc1cc(Nc2ccc(S(=O)(=O)Nc3ccc(O)cc3)cc2)c(C)cc1NNc1c(S(=O)(=O)O)cc2cc(S(=O)(=O)O)cc(NC(C)=O)c2c1O. The first-order valence-corrected chi connectivity index (χ1v) is 19.1. The Morgan fingerprint density at radius 3 is 1.92 bits per heavy atom. The summed E-state index contributed by atoms with van der Waals surface area (Å²) in [5, 5.41) is 25.7. The number of hydrogen-bond donors (Lipinski definition) is 9. The van der Waals surface area contributed by atoms with Crippen molar-refractivity contribution >= 4 is 81.1 Å². The van der Waals surface area contributed by atoms with Gasteiger partial charge in [0.15, 0.2) is 5.75 Å². The molecule has 9 N–H and O–H groups in total. The van der Waals surface area contributed by atoms with Gasteiger partial charge in [-0.25, -0.2) is 8.42 Å². The highest BCUT2D eigenvalue weighted by Crippen LogP contribution is 2.44. The fourth-order valence-corrected chi connectivity index (χ4v) is 7.35. The number of ether oxygens (including phenoxy) is 1. The van der Waals surface area contributed by atoms with Gasteiger partial charge in [0.05, 0.1) is 28.3 Å². The van der Waals surface area contributed by atoms with Crippen molar-refractivity contribution in [2.75, 3.05) is 33.3 Å². The Morgan fingerprint density at radius 2 is 1.35 bits per heavy atom. The Bertz CT molecular complexity index is 2550. The van der Waals surface area contributed by atoms with Gasteiger partial charge < -0.3 is 25.6 Å². The number of benzene rings is 5. The summed E-state index contributed by atoms with van der Waals surface area (Å²) in [5.41, 5.74) is 6.52. The van der Waals surface area contributed by atoms with Gasteiger partial charge in [0.25, 0.3) is 30.3 Å². The molecule has 5 aromatic carbocycles. The van der Waals surface area contributed by atoms with E-state index >= 15 is 0 Å². The Hall–Kier alpha value is -5.80. The lowest BCUT2D eigenvalue weighted by Crippen LogP contribution is -2.15. The summed E-state index contributed by atoms with van der Waals surface area (Å²) in [6.07, 6.45) is 0. The van der Waals surface area contributed by atoms with E-state index < -0.39 is 57.4 Å². The molecule has 0 aliphatic rings. The molecule has 0 saturated carbocycles. The van der Waals surface area contributed by atoms with Gasteiger partial charge in [-0.3, -0.25) is 29.5 Å². The number of amides is 1. The normalized spacial score (nSPS) is 11.9.